The highest BCUT2D eigenvalue weighted by Gasteiger charge is 2.00. The molecule has 5 heteroatoms. The number of rotatable bonds is 13. The smallest absolute Gasteiger partial charge is 0.119 e. The highest BCUT2D eigenvalue weighted by Crippen LogP contribution is 2.12. The molecule has 1 aromatic carbocycles. The Morgan fingerprint density at radius 1 is 1.12 bits per heavy atom. The molecule has 0 saturated carbocycles. The van der Waals surface area contributed by atoms with Crippen molar-refractivity contribution in [3.63, 3.8) is 0 Å². The summed E-state index contributed by atoms with van der Waals surface area (Å²) in [6.07, 6.45) is 7.86. The summed E-state index contributed by atoms with van der Waals surface area (Å²) >= 11 is 0. The van der Waals surface area contributed by atoms with Crippen LogP contribution in [-0.4, -0.2) is 47.2 Å². The van der Waals surface area contributed by atoms with E-state index in [1.165, 1.54) is 5.56 Å². The van der Waals surface area contributed by atoms with Gasteiger partial charge in [0.05, 0.1) is 12.9 Å². The van der Waals surface area contributed by atoms with Gasteiger partial charge in [0.15, 0.2) is 0 Å². The molecular formula is C20H32N4O. The molecule has 138 valence electrons. The summed E-state index contributed by atoms with van der Waals surface area (Å²) in [7, 11) is 0. The average molecular weight is 345 g/mol. The Hall–Kier alpha value is -1.85. The number of benzene rings is 1. The van der Waals surface area contributed by atoms with Gasteiger partial charge in [0.1, 0.15) is 5.75 Å². The van der Waals surface area contributed by atoms with Crippen molar-refractivity contribution in [3.05, 3.63) is 48.5 Å². The largest absolute Gasteiger partial charge is 0.494 e. The van der Waals surface area contributed by atoms with Crippen molar-refractivity contribution >= 4 is 0 Å². The minimum Gasteiger partial charge on any atom is -0.494 e. The van der Waals surface area contributed by atoms with Crippen LogP contribution in [-0.2, 0) is 13.1 Å². The van der Waals surface area contributed by atoms with E-state index in [9.17, 15) is 0 Å². The number of aryl methyl sites for hydroxylation is 1. The average Bonchev–Trinajstić information content (AvgIpc) is 3.16. The van der Waals surface area contributed by atoms with Gasteiger partial charge in [0.25, 0.3) is 0 Å². The maximum atomic E-state index is 5.83. The fourth-order valence-corrected chi connectivity index (χ4v) is 2.76. The quantitative estimate of drug-likeness (QED) is 0.567. The fraction of sp³-hybridized carbons (Fsp3) is 0.550. The number of nitrogens with zero attached hydrogens (tertiary/aromatic N) is 3. The van der Waals surface area contributed by atoms with Gasteiger partial charge in [-0.05, 0) is 50.2 Å². The summed E-state index contributed by atoms with van der Waals surface area (Å²) in [6.45, 7) is 11.4. The Balaban J connectivity index is 1.56. The summed E-state index contributed by atoms with van der Waals surface area (Å²) in [4.78, 5) is 6.47. The van der Waals surface area contributed by atoms with Crippen LogP contribution in [0.25, 0.3) is 0 Å². The van der Waals surface area contributed by atoms with Gasteiger partial charge >= 0.3 is 0 Å². The number of hydrogen-bond acceptors (Lipinski definition) is 4. The standard InChI is InChI=1S/C20H32N4O/c1-3-23(4-2)14-6-16-25-20-9-7-19(8-10-20)17-21-11-5-13-24-15-12-22-18-24/h7-10,12,15,18,21H,3-6,11,13-14,16-17H2,1-2H3. The van der Waals surface area contributed by atoms with Crippen molar-refractivity contribution in [1.29, 1.82) is 0 Å². The van der Waals surface area contributed by atoms with Crippen LogP contribution < -0.4 is 10.1 Å². The Kier molecular flexibility index (Phi) is 9.08. The van der Waals surface area contributed by atoms with Gasteiger partial charge in [-0.2, -0.15) is 0 Å². The van der Waals surface area contributed by atoms with E-state index in [4.69, 9.17) is 4.74 Å². The third-order valence-corrected chi connectivity index (χ3v) is 4.36. The molecule has 2 aromatic rings. The van der Waals surface area contributed by atoms with Crippen LogP contribution in [0.1, 0.15) is 32.3 Å². The van der Waals surface area contributed by atoms with Crippen molar-refractivity contribution in [3.8, 4) is 5.75 Å². The number of nitrogens with one attached hydrogen (secondary N) is 1. The van der Waals surface area contributed by atoms with E-state index in [-0.39, 0.29) is 0 Å². The van der Waals surface area contributed by atoms with Gasteiger partial charge in [-0.25, -0.2) is 4.98 Å². The Labute approximate surface area is 152 Å². The zero-order chi connectivity index (χ0) is 17.7. The second kappa shape index (κ2) is 11.7. The highest BCUT2D eigenvalue weighted by atomic mass is 16.5. The predicted molar refractivity (Wildman–Crippen MR) is 103 cm³/mol. The van der Waals surface area contributed by atoms with Gasteiger partial charge in [0.2, 0.25) is 0 Å². The summed E-state index contributed by atoms with van der Waals surface area (Å²) in [5, 5.41) is 3.48. The van der Waals surface area contributed by atoms with Crippen LogP contribution in [0.2, 0.25) is 0 Å². The van der Waals surface area contributed by atoms with Crippen molar-refractivity contribution in [2.75, 3.05) is 32.8 Å². The van der Waals surface area contributed by atoms with E-state index in [0.29, 0.717) is 0 Å². The molecule has 0 aliphatic carbocycles. The summed E-state index contributed by atoms with van der Waals surface area (Å²) in [5.74, 6) is 0.961. The molecule has 1 N–H and O–H groups in total. The van der Waals surface area contributed by atoms with Crippen LogP contribution in [0.15, 0.2) is 43.0 Å². The first-order valence-corrected chi connectivity index (χ1v) is 9.42. The van der Waals surface area contributed by atoms with E-state index >= 15 is 0 Å². The normalized spacial score (nSPS) is 11.2. The maximum absolute atomic E-state index is 5.83. The molecule has 0 aliphatic heterocycles. The van der Waals surface area contributed by atoms with Crippen molar-refractivity contribution in [1.82, 2.24) is 19.8 Å². The zero-order valence-corrected chi connectivity index (χ0v) is 15.7. The summed E-state index contributed by atoms with van der Waals surface area (Å²) in [6, 6.07) is 8.42. The van der Waals surface area contributed by atoms with Gasteiger partial charge in [-0.15, -0.1) is 0 Å². The molecule has 0 bridgehead atoms. The highest BCUT2D eigenvalue weighted by molar-refractivity contribution is 5.27. The lowest BCUT2D eigenvalue weighted by atomic mass is 10.2. The van der Waals surface area contributed by atoms with Gasteiger partial charge < -0.3 is 19.5 Å². The third-order valence-electron chi connectivity index (χ3n) is 4.36. The molecule has 0 radical (unpaired) electrons. The molecule has 0 saturated heterocycles. The summed E-state index contributed by atoms with van der Waals surface area (Å²) < 4.78 is 7.93. The summed E-state index contributed by atoms with van der Waals surface area (Å²) in [5.41, 5.74) is 1.29. The number of hydrogen-bond donors (Lipinski definition) is 1. The van der Waals surface area contributed by atoms with Gasteiger partial charge in [-0.1, -0.05) is 26.0 Å². The number of imidazole rings is 1. The molecule has 0 aliphatic rings. The molecule has 0 atom stereocenters. The molecule has 0 unspecified atom stereocenters. The van der Waals surface area contributed by atoms with E-state index in [2.05, 4.69) is 57.9 Å². The van der Waals surface area contributed by atoms with E-state index in [1.807, 2.05) is 18.7 Å². The first-order valence-electron chi connectivity index (χ1n) is 9.42. The maximum Gasteiger partial charge on any atom is 0.119 e. The van der Waals surface area contributed by atoms with Gasteiger partial charge in [-0.3, -0.25) is 0 Å². The number of aromatic nitrogens is 2. The SMILES string of the molecule is CCN(CC)CCCOc1ccc(CNCCCn2ccnc2)cc1. The van der Waals surface area contributed by atoms with Crippen LogP contribution in [0.5, 0.6) is 5.75 Å². The topological polar surface area (TPSA) is 42.3 Å². The van der Waals surface area contributed by atoms with Crippen molar-refractivity contribution < 1.29 is 4.74 Å². The van der Waals surface area contributed by atoms with Crippen LogP contribution in [0.3, 0.4) is 0 Å². The molecule has 5 nitrogen and oxygen atoms in total. The first kappa shape index (κ1) is 19.5. The van der Waals surface area contributed by atoms with Crippen LogP contribution in [0, 0.1) is 0 Å². The minimum atomic E-state index is 0.780. The van der Waals surface area contributed by atoms with Crippen molar-refractivity contribution in [2.45, 2.75) is 39.8 Å². The van der Waals surface area contributed by atoms with Crippen LogP contribution in [0.4, 0.5) is 0 Å². The molecule has 2 rings (SSSR count). The lowest BCUT2D eigenvalue weighted by Crippen LogP contribution is -2.25. The molecular weight excluding hydrogens is 312 g/mol. The van der Waals surface area contributed by atoms with Crippen LogP contribution >= 0.6 is 0 Å². The molecule has 0 fully saturated rings. The van der Waals surface area contributed by atoms with Gasteiger partial charge in [0, 0.05) is 32.0 Å². The van der Waals surface area contributed by atoms with E-state index in [0.717, 1.165) is 64.5 Å². The minimum absolute atomic E-state index is 0.780. The molecule has 1 aromatic heterocycles. The second-order valence-corrected chi connectivity index (χ2v) is 6.20. The monoisotopic (exact) mass is 344 g/mol. The molecule has 0 spiro atoms. The third kappa shape index (κ3) is 7.71. The molecule has 1 heterocycles. The number of ether oxygens (including phenoxy) is 1. The zero-order valence-electron chi connectivity index (χ0n) is 15.7. The molecule has 0 amide bonds. The first-order chi connectivity index (χ1) is 12.3. The Morgan fingerprint density at radius 2 is 1.92 bits per heavy atom. The Morgan fingerprint density at radius 3 is 2.60 bits per heavy atom. The lowest BCUT2D eigenvalue weighted by molar-refractivity contribution is 0.249. The lowest BCUT2D eigenvalue weighted by Gasteiger charge is -2.17. The van der Waals surface area contributed by atoms with E-state index < -0.39 is 0 Å². The second-order valence-electron chi connectivity index (χ2n) is 6.20. The predicted octanol–water partition coefficient (Wildman–Crippen LogP) is 3.17. The fourth-order valence-electron chi connectivity index (χ4n) is 2.76. The Bertz CT molecular complexity index is 550. The van der Waals surface area contributed by atoms with E-state index in [1.54, 1.807) is 0 Å². The van der Waals surface area contributed by atoms with Crippen molar-refractivity contribution in [2.24, 2.45) is 0 Å². The molecule has 25 heavy (non-hydrogen) atoms.